The molecule has 1 aromatic carbocycles. The minimum absolute atomic E-state index is 0.0519. The van der Waals surface area contributed by atoms with E-state index in [4.69, 9.17) is 10.6 Å². The Labute approximate surface area is 102 Å². The average molecular weight is 240 g/mol. The number of nitrogens with one attached hydrogen (secondary N) is 1. The number of unbranched alkanes of at least 4 members (excludes halogenated alkanes) is 2. The SMILES string of the molecule is CCCCCC(NN)c1ccc(F)c(OC)c1. The Morgan fingerprint density at radius 1 is 1.41 bits per heavy atom. The molecule has 3 nitrogen and oxygen atoms in total. The fourth-order valence-corrected chi connectivity index (χ4v) is 1.84. The van der Waals surface area contributed by atoms with Crippen LogP contribution in [0.25, 0.3) is 0 Å². The molecule has 0 spiro atoms. The molecule has 17 heavy (non-hydrogen) atoms. The molecule has 96 valence electrons. The second-order valence-electron chi connectivity index (χ2n) is 4.11. The third-order valence-corrected chi connectivity index (χ3v) is 2.88. The zero-order valence-corrected chi connectivity index (χ0v) is 10.5. The number of hydrogen-bond donors (Lipinski definition) is 2. The summed E-state index contributed by atoms with van der Waals surface area (Å²) in [5, 5.41) is 0. The standard InChI is InChI=1S/C13H21FN2O/c1-3-4-5-6-12(16-15)10-7-8-11(14)13(9-10)17-2/h7-9,12,16H,3-6,15H2,1-2H3. The van der Waals surface area contributed by atoms with E-state index in [0.717, 1.165) is 18.4 Å². The van der Waals surface area contributed by atoms with Crippen molar-refractivity contribution in [2.45, 2.75) is 38.6 Å². The van der Waals surface area contributed by atoms with Gasteiger partial charge in [-0.2, -0.15) is 0 Å². The van der Waals surface area contributed by atoms with Crippen LogP contribution < -0.4 is 16.0 Å². The van der Waals surface area contributed by atoms with Gasteiger partial charge in [0.15, 0.2) is 11.6 Å². The van der Waals surface area contributed by atoms with Crippen molar-refractivity contribution in [3.8, 4) is 5.75 Å². The highest BCUT2D eigenvalue weighted by Gasteiger charge is 2.12. The summed E-state index contributed by atoms with van der Waals surface area (Å²) in [5.41, 5.74) is 3.73. The van der Waals surface area contributed by atoms with E-state index in [-0.39, 0.29) is 17.6 Å². The molecule has 0 aromatic heterocycles. The molecule has 0 saturated heterocycles. The maximum Gasteiger partial charge on any atom is 0.165 e. The first kappa shape index (κ1) is 13.9. The van der Waals surface area contributed by atoms with Crippen LogP contribution in [0.1, 0.15) is 44.2 Å². The number of hydrogen-bond acceptors (Lipinski definition) is 3. The molecule has 0 amide bonds. The molecule has 0 aliphatic rings. The lowest BCUT2D eigenvalue weighted by Gasteiger charge is -2.17. The predicted molar refractivity (Wildman–Crippen MR) is 67.2 cm³/mol. The van der Waals surface area contributed by atoms with Crippen LogP contribution in [0.4, 0.5) is 4.39 Å². The molecule has 1 rings (SSSR count). The highest BCUT2D eigenvalue weighted by molar-refractivity contribution is 5.32. The van der Waals surface area contributed by atoms with Crippen LogP contribution in [0.2, 0.25) is 0 Å². The van der Waals surface area contributed by atoms with Gasteiger partial charge in [-0.3, -0.25) is 11.3 Å². The number of benzene rings is 1. The molecular weight excluding hydrogens is 219 g/mol. The van der Waals surface area contributed by atoms with Gasteiger partial charge in [-0.25, -0.2) is 4.39 Å². The van der Waals surface area contributed by atoms with Crippen LogP contribution >= 0.6 is 0 Å². The first-order valence-corrected chi connectivity index (χ1v) is 6.02. The first-order valence-electron chi connectivity index (χ1n) is 6.02. The Balaban J connectivity index is 2.73. The molecule has 1 atom stereocenters. The molecule has 3 N–H and O–H groups in total. The van der Waals surface area contributed by atoms with Crippen molar-refractivity contribution < 1.29 is 9.13 Å². The zero-order chi connectivity index (χ0) is 12.7. The molecule has 0 aliphatic carbocycles. The van der Waals surface area contributed by atoms with Crippen LogP contribution in [0.5, 0.6) is 5.75 Å². The van der Waals surface area contributed by atoms with Crippen molar-refractivity contribution in [3.05, 3.63) is 29.6 Å². The lowest BCUT2D eigenvalue weighted by Crippen LogP contribution is -2.28. The van der Waals surface area contributed by atoms with Crippen molar-refractivity contribution in [2.24, 2.45) is 5.84 Å². The number of halogens is 1. The van der Waals surface area contributed by atoms with Gasteiger partial charge >= 0.3 is 0 Å². The third kappa shape index (κ3) is 3.98. The van der Waals surface area contributed by atoms with Gasteiger partial charge in [0.2, 0.25) is 0 Å². The molecule has 0 saturated carbocycles. The smallest absolute Gasteiger partial charge is 0.165 e. The quantitative estimate of drug-likeness (QED) is 0.437. The van der Waals surface area contributed by atoms with Gasteiger partial charge in [-0.05, 0) is 24.1 Å². The summed E-state index contributed by atoms with van der Waals surface area (Å²) in [7, 11) is 1.46. The normalized spacial score (nSPS) is 12.5. The molecule has 0 radical (unpaired) electrons. The molecule has 4 heteroatoms. The van der Waals surface area contributed by atoms with Crippen LogP contribution in [0.3, 0.4) is 0 Å². The molecule has 0 fully saturated rings. The van der Waals surface area contributed by atoms with Crippen LogP contribution in [0.15, 0.2) is 18.2 Å². The Morgan fingerprint density at radius 3 is 2.76 bits per heavy atom. The van der Waals surface area contributed by atoms with Gasteiger partial charge in [0.1, 0.15) is 0 Å². The number of rotatable bonds is 7. The summed E-state index contributed by atoms with van der Waals surface area (Å²) in [6.45, 7) is 2.16. The summed E-state index contributed by atoms with van der Waals surface area (Å²) in [4.78, 5) is 0. The lowest BCUT2D eigenvalue weighted by molar-refractivity contribution is 0.384. The van der Waals surface area contributed by atoms with Crippen molar-refractivity contribution in [1.29, 1.82) is 0 Å². The summed E-state index contributed by atoms with van der Waals surface area (Å²) in [6, 6.07) is 4.91. The summed E-state index contributed by atoms with van der Waals surface area (Å²) in [5.74, 6) is 5.45. The van der Waals surface area contributed by atoms with E-state index < -0.39 is 0 Å². The number of methoxy groups -OCH3 is 1. The molecule has 0 aliphatic heterocycles. The van der Waals surface area contributed by atoms with E-state index in [1.807, 2.05) is 0 Å². The molecule has 1 aromatic rings. The molecule has 0 bridgehead atoms. The lowest BCUT2D eigenvalue weighted by atomic mass is 10.0. The third-order valence-electron chi connectivity index (χ3n) is 2.88. The Bertz CT molecular complexity index is 344. The zero-order valence-electron chi connectivity index (χ0n) is 10.5. The van der Waals surface area contributed by atoms with Crippen LogP contribution in [-0.4, -0.2) is 7.11 Å². The average Bonchev–Trinajstić information content (AvgIpc) is 2.36. The number of ether oxygens (including phenoxy) is 1. The van der Waals surface area contributed by atoms with Gasteiger partial charge in [-0.15, -0.1) is 0 Å². The summed E-state index contributed by atoms with van der Waals surface area (Å²) in [6.07, 6.45) is 4.39. The second-order valence-corrected chi connectivity index (χ2v) is 4.11. The maximum atomic E-state index is 13.3. The minimum Gasteiger partial charge on any atom is -0.494 e. The Hall–Kier alpha value is -1.13. The predicted octanol–water partition coefficient (Wildman–Crippen LogP) is 2.92. The minimum atomic E-state index is -0.347. The van der Waals surface area contributed by atoms with Crippen molar-refractivity contribution in [1.82, 2.24) is 5.43 Å². The molecule has 0 heterocycles. The largest absolute Gasteiger partial charge is 0.494 e. The van der Waals surface area contributed by atoms with Crippen molar-refractivity contribution in [3.63, 3.8) is 0 Å². The van der Waals surface area contributed by atoms with Gasteiger partial charge < -0.3 is 4.74 Å². The fraction of sp³-hybridized carbons (Fsp3) is 0.538. The highest BCUT2D eigenvalue weighted by Crippen LogP contribution is 2.25. The van der Waals surface area contributed by atoms with Gasteiger partial charge in [0, 0.05) is 6.04 Å². The van der Waals surface area contributed by atoms with Gasteiger partial charge in [-0.1, -0.05) is 32.3 Å². The van der Waals surface area contributed by atoms with Gasteiger partial charge in [0.25, 0.3) is 0 Å². The van der Waals surface area contributed by atoms with E-state index in [9.17, 15) is 4.39 Å². The van der Waals surface area contributed by atoms with E-state index in [1.54, 1.807) is 12.1 Å². The van der Waals surface area contributed by atoms with Crippen molar-refractivity contribution in [2.75, 3.05) is 7.11 Å². The maximum absolute atomic E-state index is 13.3. The van der Waals surface area contributed by atoms with E-state index in [2.05, 4.69) is 12.3 Å². The van der Waals surface area contributed by atoms with Gasteiger partial charge in [0.05, 0.1) is 7.11 Å². The van der Waals surface area contributed by atoms with E-state index in [0.29, 0.717) is 0 Å². The summed E-state index contributed by atoms with van der Waals surface area (Å²) >= 11 is 0. The highest BCUT2D eigenvalue weighted by atomic mass is 19.1. The second kappa shape index (κ2) is 7.25. The van der Waals surface area contributed by atoms with Crippen molar-refractivity contribution >= 4 is 0 Å². The number of nitrogens with two attached hydrogens (primary N) is 1. The fourth-order valence-electron chi connectivity index (χ4n) is 1.84. The monoisotopic (exact) mass is 240 g/mol. The Morgan fingerprint density at radius 2 is 2.18 bits per heavy atom. The number of hydrazine groups is 1. The van der Waals surface area contributed by atoms with E-state index >= 15 is 0 Å². The Kier molecular flexibility index (Phi) is 5.94. The van der Waals surface area contributed by atoms with E-state index in [1.165, 1.54) is 26.0 Å². The summed E-state index contributed by atoms with van der Waals surface area (Å²) < 4.78 is 18.2. The molecular formula is C13H21FN2O. The first-order chi connectivity index (χ1) is 8.22. The molecule has 1 unspecified atom stereocenters. The topological polar surface area (TPSA) is 47.3 Å². The van der Waals surface area contributed by atoms with Crippen LogP contribution in [0, 0.1) is 5.82 Å². The van der Waals surface area contributed by atoms with Crippen LogP contribution in [-0.2, 0) is 0 Å².